The average Bonchev–Trinajstić information content (AvgIpc) is 2.51. The van der Waals surface area contributed by atoms with Gasteiger partial charge in [0.15, 0.2) is 0 Å². The van der Waals surface area contributed by atoms with Crippen molar-refractivity contribution < 1.29 is 10.0 Å². The zero-order valence-corrected chi connectivity index (χ0v) is 11.2. The summed E-state index contributed by atoms with van der Waals surface area (Å²) >= 11 is 0. The largest absolute Gasteiger partial charge is 0.390 e. The molecule has 19 heavy (non-hydrogen) atoms. The first-order valence-electron chi connectivity index (χ1n) is 6.64. The van der Waals surface area contributed by atoms with Crippen LogP contribution in [-0.4, -0.2) is 33.6 Å². The fourth-order valence-corrected chi connectivity index (χ4v) is 2.50. The summed E-state index contributed by atoms with van der Waals surface area (Å²) in [7, 11) is 0. The van der Waals surface area contributed by atoms with Crippen LogP contribution in [0.1, 0.15) is 31.7 Å². The lowest BCUT2D eigenvalue weighted by Crippen LogP contribution is -2.28. The molecule has 5 nitrogen and oxygen atoms in total. The van der Waals surface area contributed by atoms with E-state index < -0.39 is 5.60 Å². The van der Waals surface area contributed by atoms with Gasteiger partial charge in [-0.3, -0.25) is 15.0 Å². The van der Waals surface area contributed by atoms with Crippen molar-refractivity contribution in [2.75, 3.05) is 13.1 Å². The number of non-ortho nitro benzene ring substituents is 1. The van der Waals surface area contributed by atoms with E-state index in [0.717, 1.165) is 37.9 Å². The second-order valence-electron chi connectivity index (χ2n) is 5.55. The number of hydrogen-bond acceptors (Lipinski definition) is 4. The third kappa shape index (κ3) is 4.01. The van der Waals surface area contributed by atoms with E-state index >= 15 is 0 Å². The minimum Gasteiger partial charge on any atom is -0.390 e. The molecule has 1 heterocycles. The van der Waals surface area contributed by atoms with Gasteiger partial charge in [-0.25, -0.2) is 0 Å². The molecule has 1 aromatic rings. The predicted octanol–water partition coefficient (Wildman–Crippen LogP) is 2.33. The maximum atomic E-state index is 10.7. The van der Waals surface area contributed by atoms with Gasteiger partial charge in [0.25, 0.3) is 5.69 Å². The molecule has 0 amide bonds. The first kappa shape index (κ1) is 14.0. The van der Waals surface area contributed by atoms with Gasteiger partial charge in [0.1, 0.15) is 0 Å². The third-order valence-corrected chi connectivity index (χ3v) is 3.68. The van der Waals surface area contributed by atoms with E-state index in [1.165, 1.54) is 6.07 Å². The number of aliphatic hydroxyl groups is 1. The Morgan fingerprint density at radius 2 is 2.21 bits per heavy atom. The summed E-state index contributed by atoms with van der Waals surface area (Å²) in [5.41, 5.74) is 0.521. The topological polar surface area (TPSA) is 66.6 Å². The second-order valence-corrected chi connectivity index (χ2v) is 5.55. The summed E-state index contributed by atoms with van der Waals surface area (Å²) in [6.07, 6.45) is 2.53. The van der Waals surface area contributed by atoms with Gasteiger partial charge >= 0.3 is 0 Å². The van der Waals surface area contributed by atoms with E-state index in [9.17, 15) is 15.2 Å². The van der Waals surface area contributed by atoms with Crippen LogP contribution in [0.4, 0.5) is 5.69 Å². The smallest absolute Gasteiger partial charge is 0.269 e. The molecule has 1 aromatic carbocycles. The van der Waals surface area contributed by atoms with Crippen molar-refractivity contribution in [1.82, 2.24) is 4.90 Å². The van der Waals surface area contributed by atoms with Gasteiger partial charge in [-0.05, 0) is 38.3 Å². The Morgan fingerprint density at radius 1 is 1.42 bits per heavy atom. The standard InChI is InChI=1S/C14H20N2O3/c1-14(17)6-3-8-15(9-7-14)11-12-4-2-5-13(10-12)16(18)19/h2,4-5,10,17H,3,6-9,11H2,1H3. The molecule has 1 unspecified atom stereocenters. The second kappa shape index (κ2) is 5.67. The van der Waals surface area contributed by atoms with Crippen LogP contribution < -0.4 is 0 Å². The van der Waals surface area contributed by atoms with Crippen molar-refractivity contribution >= 4 is 5.69 Å². The van der Waals surface area contributed by atoms with E-state index in [4.69, 9.17) is 0 Å². The fourth-order valence-electron chi connectivity index (χ4n) is 2.50. The zero-order valence-electron chi connectivity index (χ0n) is 11.2. The number of rotatable bonds is 3. The summed E-state index contributed by atoms with van der Waals surface area (Å²) in [5, 5.41) is 20.8. The molecule has 1 atom stereocenters. The molecule has 0 radical (unpaired) electrons. The van der Waals surface area contributed by atoms with Crippen LogP contribution in [0.25, 0.3) is 0 Å². The molecule has 0 bridgehead atoms. The molecule has 1 aliphatic rings. The monoisotopic (exact) mass is 264 g/mol. The molecule has 0 spiro atoms. The molecular weight excluding hydrogens is 244 g/mol. The Balaban J connectivity index is 2.01. The summed E-state index contributed by atoms with van der Waals surface area (Å²) in [6.45, 7) is 4.34. The average molecular weight is 264 g/mol. The number of nitro groups is 1. The van der Waals surface area contributed by atoms with E-state index in [-0.39, 0.29) is 10.6 Å². The molecule has 104 valence electrons. The third-order valence-electron chi connectivity index (χ3n) is 3.68. The number of hydrogen-bond donors (Lipinski definition) is 1. The van der Waals surface area contributed by atoms with Crippen LogP contribution in [-0.2, 0) is 6.54 Å². The number of likely N-dealkylation sites (tertiary alicyclic amines) is 1. The maximum Gasteiger partial charge on any atom is 0.269 e. The van der Waals surface area contributed by atoms with Crippen LogP contribution in [0.5, 0.6) is 0 Å². The van der Waals surface area contributed by atoms with Gasteiger partial charge in [0.05, 0.1) is 10.5 Å². The first-order valence-corrected chi connectivity index (χ1v) is 6.64. The van der Waals surface area contributed by atoms with Gasteiger partial charge in [-0.1, -0.05) is 12.1 Å². The van der Waals surface area contributed by atoms with E-state index in [1.807, 2.05) is 13.0 Å². The molecule has 0 aromatic heterocycles. The van der Waals surface area contributed by atoms with Crippen molar-refractivity contribution in [1.29, 1.82) is 0 Å². The predicted molar refractivity (Wildman–Crippen MR) is 72.8 cm³/mol. The normalized spacial score (nSPS) is 24.9. The Bertz CT molecular complexity index is 460. The van der Waals surface area contributed by atoms with Gasteiger partial charge < -0.3 is 5.11 Å². The van der Waals surface area contributed by atoms with Crippen molar-refractivity contribution in [3.8, 4) is 0 Å². The van der Waals surface area contributed by atoms with Gasteiger partial charge in [-0.2, -0.15) is 0 Å². The van der Waals surface area contributed by atoms with E-state index in [2.05, 4.69) is 4.90 Å². The first-order chi connectivity index (χ1) is 8.96. The van der Waals surface area contributed by atoms with Crippen LogP contribution >= 0.6 is 0 Å². The molecule has 1 N–H and O–H groups in total. The summed E-state index contributed by atoms with van der Waals surface area (Å²) in [5.74, 6) is 0. The maximum absolute atomic E-state index is 10.7. The Kier molecular flexibility index (Phi) is 4.17. The zero-order chi connectivity index (χ0) is 13.9. The van der Waals surface area contributed by atoms with E-state index in [0.29, 0.717) is 6.54 Å². The molecule has 2 rings (SSSR count). The molecule has 0 aliphatic carbocycles. The van der Waals surface area contributed by atoms with Crippen LogP contribution in [0.2, 0.25) is 0 Å². The molecular formula is C14H20N2O3. The fraction of sp³-hybridized carbons (Fsp3) is 0.571. The minimum absolute atomic E-state index is 0.138. The number of nitro benzene ring substituents is 1. The quantitative estimate of drug-likeness (QED) is 0.672. The summed E-state index contributed by atoms with van der Waals surface area (Å²) < 4.78 is 0. The molecule has 1 aliphatic heterocycles. The summed E-state index contributed by atoms with van der Waals surface area (Å²) in [4.78, 5) is 12.6. The molecule has 1 fully saturated rings. The molecule has 5 heteroatoms. The van der Waals surface area contributed by atoms with E-state index in [1.54, 1.807) is 12.1 Å². The lowest BCUT2D eigenvalue weighted by molar-refractivity contribution is -0.384. The van der Waals surface area contributed by atoms with Gasteiger partial charge in [-0.15, -0.1) is 0 Å². The highest BCUT2D eigenvalue weighted by Gasteiger charge is 2.24. The van der Waals surface area contributed by atoms with Gasteiger partial charge in [0, 0.05) is 25.2 Å². The van der Waals surface area contributed by atoms with Crippen LogP contribution in [0.15, 0.2) is 24.3 Å². The number of benzene rings is 1. The molecule has 1 saturated heterocycles. The highest BCUT2D eigenvalue weighted by molar-refractivity contribution is 5.34. The molecule has 0 saturated carbocycles. The Labute approximate surface area is 113 Å². The highest BCUT2D eigenvalue weighted by atomic mass is 16.6. The Hall–Kier alpha value is -1.46. The lowest BCUT2D eigenvalue weighted by Gasteiger charge is -2.22. The van der Waals surface area contributed by atoms with Gasteiger partial charge in [0.2, 0.25) is 0 Å². The lowest BCUT2D eigenvalue weighted by atomic mass is 9.98. The highest BCUT2D eigenvalue weighted by Crippen LogP contribution is 2.23. The SMILES string of the molecule is CC1(O)CCCN(Cc2cccc([N+](=O)[O-])c2)CC1. The van der Waals surface area contributed by atoms with Crippen molar-refractivity contribution in [2.45, 2.75) is 38.3 Å². The number of nitrogens with zero attached hydrogens (tertiary/aromatic N) is 2. The Morgan fingerprint density at radius 3 is 2.95 bits per heavy atom. The van der Waals surface area contributed by atoms with Crippen molar-refractivity contribution in [3.63, 3.8) is 0 Å². The van der Waals surface area contributed by atoms with Crippen LogP contribution in [0, 0.1) is 10.1 Å². The van der Waals surface area contributed by atoms with Crippen molar-refractivity contribution in [2.24, 2.45) is 0 Å². The minimum atomic E-state index is -0.572. The van der Waals surface area contributed by atoms with Crippen molar-refractivity contribution in [3.05, 3.63) is 39.9 Å². The van der Waals surface area contributed by atoms with Crippen LogP contribution in [0.3, 0.4) is 0 Å². The summed E-state index contributed by atoms with van der Waals surface area (Å²) in [6, 6.07) is 6.78.